The van der Waals surface area contributed by atoms with E-state index in [0.29, 0.717) is 77.0 Å². The number of ether oxygens (including phenoxy) is 2. The highest BCUT2D eigenvalue weighted by molar-refractivity contribution is 6.31. The summed E-state index contributed by atoms with van der Waals surface area (Å²) in [7, 11) is 3.08. The van der Waals surface area contributed by atoms with Crippen molar-refractivity contribution in [2.75, 3.05) is 14.2 Å². The fourth-order valence-electron chi connectivity index (χ4n) is 5.89. The van der Waals surface area contributed by atoms with E-state index in [9.17, 15) is 29.4 Å². The zero-order valence-corrected chi connectivity index (χ0v) is 29.0. The summed E-state index contributed by atoms with van der Waals surface area (Å²) in [5.41, 5.74) is 4.65. The number of carboxylic acid groups (broad SMARTS) is 2. The number of fused-ring (bicyclic) bond motifs is 2. The van der Waals surface area contributed by atoms with Crippen molar-refractivity contribution in [2.24, 2.45) is 0 Å². The van der Waals surface area contributed by atoms with Crippen LogP contribution in [0.4, 0.5) is 0 Å². The van der Waals surface area contributed by atoms with Gasteiger partial charge < -0.3 is 19.7 Å². The molecule has 2 aromatic heterocycles. The van der Waals surface area contributed by atoms with Crippen LogP contribution in [0.15, 0.2) is 84.9 Å². The second-order valence-corrected chi connectivity index (χ2v) is 12.2. The normalized spacial score (nSPS) is 10.8. The number of carboxylic acids is 2. The molecule has 4 aromatic carbocycles. The molecule has 0 saturated carbocycles. The van der Waals surface area contributed by atoms with Crippen LogP contribution in [-0.2, 0) is 22.4 Å². The number of carbonyl (C=O) groups excluding carboxylic acids is 2. The minimum absolute atomic E-state index is 0.170. The molecule has 10 nitrogen and oxygen atoms in total. The van der Waals surface area contributed by atoms with Crippen molar-refractivity contribution in [2.45, 2.75) is 26.7 Å². The molecule has 0 aliphatic rings. The lowest BCUT2D eigenvalue weighted by Gasteiger charge is -2.08. The molecule has 0 amide bonds. The Hall–Kier alpha value is -5.58. The van der Waals surface area contributed by atoms with E-state index in [1.165, 1.54) is 9.13 Å². The summed E-state index contributed by atoms with van der Waals surface area (Å²) in [5.74, 6) is -1.17. The number of hydrogen-bond donors (Lipinski definition) is 2. The van der Waals surface area contributed by atoms with Crippen molar-refractivity contribution in [1.82, 2.24) is 9.13 Å². The average Bonchev–Trinajstić information content (AvgIpc) is 3.52. The summed E-state index contributed by atoms with van der Waals surface area (Å²) in [6.07, 6.45) is -0.340. The maximum absolute atomic E-state index is 13.0. The third kappa shape index (κ3) is 7.22. The Kier molecular flexibility index (Phi) is 10.6. The third-order valence-electron chi connectivity index (χ3n) is 8.33. The minimum atomic E-state index is -0.955. The van der Waals surface area contributed by atoms with Gasteiger partial charge in [0.25, 0.3) is 11.8 Å². The highest BCUT2D eigenvalue weighted by Gasteiger charge is 2.23. The van der Waals surface area contributed by atoms with Crippen LogP contribution in [-0.4, -0.2) is 57.3 Å². The average molecular weight is 716 g/mol. The van der Waals surface area contributed by atoms with Gasteiger partial charge in [0.1, 0.15) is 11.5 Å². The zero-order chi connectivity index (χ0) is 36.3. The molecule has 0 spiro atoms. The van der Waals surface area contributed by atoms with Gasteiger partial charge in [0.05, 0.1) is 38.1 Å². The van der Waals surface area contributed by atoms with Gasteiger partial charge in [0.15, 0.2) is 0 Å². The predicted molar refractivity (Wildman–Crippen MR) is 191 cm³/mol. The van der Waals surface area contributed by atoms with Gasteiger partial charge in [-0.2, -0.15) is 0 Å². The lowest BCUT2D eigenvalue weighted by atomic mass is 10.1. The van der Waals surface area contributed by atoms with Gasteiger partial charge >= 0.3 is 11.9 Å². The van der Waals surface area contributed by atoms with E-state index in [-0.39, 0.29) is 24.7 Å². The Morgan fingerprint density at radius 3 is 1.22 bits per heavy atom. The highest BCUT2D eigenvalue weighted by atomic mass is 35.5. The number of aromatic nitrogens is 2. The molecule has 6 aromatic rings. The van der Waals surface area contributed by atoms with E-state index in [0.717, 1.165) is 0 Å². The fraction of sp³-hybridized carbons (Fsp3) is 0.158. The van der Waals surface area contributed by atoms with Crippen molar-refractivity contribution in [3.05, 3.63) is 129 Å². The number of methoxy groups -OCH3 is 2. The number of hydrogen-bond acceptors (Lipinski definition) is 6. The van der Waals surface area contributed by atoms with Crippen LogP contribution in [0, 0.1) is 13.8 Å². The molecule has 256 valence electrons. The number of halogens is 2. The third-order valence-corrected chi connectivity index (χ3v) is 8.83. The fourth-order valence-corrected chi connectivity index (χ4v) is 6.15. The smallest absolute Gasteiger partial charge is 0.307 e. The van der Waals surface area contributed by atoms with Gasteiger partial charge in [-0.3, -0.25) is 28.3 Å². The number of nitrogens with zero attached hydrogens (tertiary/aromatic N) is 2. The highest BCUT2D eigenvalue weighted by Crippen LogP contribution is 2.32. The molecule has 12 heteroatoms. The SMILES string of the molecule is COc1ccc2c(c1)c(CC(=O)O)c(C)n2C(=O)c1ccc(Cl)cc1.COc1ccc2c(c1)c(CC(=O)O)c(C)n2C(=O)c1ccc(Cl)cc1. The maximum atomic E-state index is 13.0. The first-order valence-electron chi connectivity index (χ1n) is 15.2. The number of rotatable bonds is 8. The van der Waals surface area contributed by atoms with E-state index in [4.69, 9.17) is 32.7 Å². The second-order valence-electron chi connectivity index (χ2n) is 11.3. The van der Waals surface area contributed by atoms with Crippen molar-refractivity contribution in [3.8, 4) is 11.5 Å². The van der Waals surface area contributed by atoms with E-state index in [1.807, 2.05) is 0 Å². The molecule has 0 bridgehead atoms. The van der Waals surface area contributed by atoms with E-state index < -0.39 is 11.9 Å². The molecule has 0 fully saturated rings. The van der Waals surface area contributed by atoms with Crippen LogP contribution in [0.25, 0.3) is 21.8 Å². The second kappa shape index (κ2) is 14.9. The molecule has 0 atom stereocenters. The lowest BCUT2D eigenvalue weighted by molar-refractivity contribution is -0.137. The van der Waals surface area contributed by atoms with Gasteiger partial charge in [-0.25, -0.2) is 0 Å². The molecule has 6 rings (SSSR count). The molecule has 2 N–H and O–H groups in total. The molecule has 0 radical (unpaired) electrons. The first-order valence-corrected chi connectivity index (χ1v) is 16.0. The number of aliphatic carboxylic acids is 2. The first kappa shape index (κ1) is 35.7. The van der Waals surface area contributed by atoms with Crippen LogP contribution < -0.4 is 9.47 Å². The molecule has 2 heterocycles. The van der Waals surface area contributed by atoms with Crippen molar-refractivity contribution in [3.63, 3.8) is 0 Å². The zero-order valence-electron chi connectivity index (χ0n) is 27.5. The van der Waals surface area contributed by atoms with Gasteiger partial charge in [-0.15, -0.1) is 0 Å². The van der Waals surface area contributed by atoms with Crippen LogP contribution in [0.3, 0.4) is 0 Å². The molecular formula is C38H32Cl2N2O8. The van der Waals surface area contributed by atoms with Crippen LogP contribution in [0.2, 0.25) is 10.0 Å². The van der Waals surface area contributed by atoms with Crippen LogP contribution in [0.5, 0.6) is 11.5 Å². The monoisotopic (exact) mass is 714 g/mol. The minimum Gasteiger partial charge on any atom is -0.497 e. The Balaban J connectivity index is 0.000000194. The summed E-state index contributed by atoms with van der Waals surface area (Å²) < 4.78 is 13.5. The Morgan fingerprint density at radius 2 is 0.920 bits per heavy atom. The molecular weight excluding hydrogens is 683 g/mol. The van der Waals surface area contributed by atoms with Crippen LogP contribution >= 0.6 is 23.2 Å². The molecule has 0 aliphatic heterocycles. The maximum Gasteiger partial charge on any atom is 0.307 e. The van der Waals surface area contributed by atoms with E-state index in [2.05, 4.69) is 0 Å². The lowest BCUT2D eigenvalue weighted by Crippen LogP contribution is -2.14. The number of benzene rings is 4. The van der Waals surface area contributed by atoms with Crippen LogP contribution in [0.1, 0.15) is 43.2 Å². The summed E-state index contributed by atoms with van der Waals surface area (Å²) in [4.78, 5) is 48.5. The molecule has 0 aliphatic carbocycles. The van der Waals surface area contributed by atoms with Crippen molar-refractivity contribution >= 4 is 68.8 Å². The summed E-state index contributed by atoms with van der Waals surface area (Å²) in [6, 6.07) is 23.7. The topological polar surface area (TPSA) is 137 Å². The Morgan fingerprint density at radius 1 is 0.580 bits per heavy atom. The molecule has 0 unspecified atom stereocenters. The molecule has 0 saturated heterocycles. The predicted octanol–water partition coefficient (Wildman–Crippen LogP) is 7.85. The standard InChI is InChI=1S/2C19H16ClNO4/c2*1-11-15(10-18(22)23)16-9-14(25-2)7-8-17(16)21(11)19(24)12-3-5-13(20)6-4-12/h2*3-9H,10H2,1-2H3,(H,22,23). The summed E-state index contributed by atoms with van der Waals surface area (Å²) in [5, 5.41) is 20.9. The largest absolute Gasteiger partial charge is 0.497 e. The Bertz CT molecular complexity index is 2110. The quantitative estimate of drug-likeness (QED) is 0.163. The van der Waals surface area contributed by atoms with E-state index >= 15 is 0 Å². The van der Waals surface area contributed by atoms with Gasteiger partial charge in [-0.05, 0) is 110 Å². The Labute approximate surface area is 297 Å². The number of carbonyl (C=O) groups is 4. The van der Waals surface area contributed by atoms with Gasteiger partial charge in [0.2, 0.25) is 0 Å². The van der Waals surface area contributed by atoms with Gasteiger partial charge in [0, 0.05) is 43.3 Å². The first-order chi connectivity index (χ1) is 23.8. The van der Waals surface area contributed by atoms with Crippen molar-refractivity contribution < 1.29 is 38.9 Å². The van der Waals surface area contributed by atoms with E-state index in [1.54, 1.807) is 113 Å². The summed E-state index contributed by atoms with van der Waals surface area (Å²) >= 11 is 11.8. The molecule has 50 heavy (non-hydrogen) atoms. The van der Waals surface area contributed by atoms with Gasteiger partial charge in [-0.1, -0.05) is 23.2 Å². The summed E-state index contributed by atoms with van der Waals surface area (Å²) in [6.45, 7) is 3.50. The van der Waals surface area contributed by atoms with Crippen molar-refractivity contribution in [1.29, 1.82) is 0 Å².